The Hall–Kier alpha value is -2.08. The maximum Gasteiger partial charge on any atom is 0.262 e. The van der Waals surface area contributed by atoms with Gasteiger partial charge in [-0.05, 0) is 31.4 Å². The average Bonchev–Trinajstić information content (AvgIpc) is 2.61. The van der Waals surface area contributed by atoms with Crippen molar-refractivity contribution in [1.29, 1.82) is 0 Å². The van der Waals surface area contributed by atoms with E-state index in [0.29, 0.717) is 17.5 Å². The molecule has 1 heterocycles. The number of amides is 2. The van der Waals surface area contributed by atoms with Crippen LogP contribution in [0, 0.1) is 26.2 Å². The van der Waals surface area contributed by atoms with Crippen LogP contribution in [-0.2, 0) is 0 Å². The van der Waals surface area contributed by atoms with Crippen LogP contribution in [0.2, 0.25) is 0 Å². The number of nitrogens with zero attached hydrogens (tertiary/aromatic N) is 1. The van der Waals surface area contributed by atoms with Crippen LogP contribution in [0.25, 0.3) is 0 Å². The summed E-state index contributed by atoms with van der Waals surface area (Å²) in [5.74, 6) is 1.99. The lowest BCUT2D eigenvalue weighted by Gasteiger charge is -2.19. The highest BCUT2D eigenvalue weighted by Crippen LogP contribution is 2.30. The maximum atomic E-state index is 12.3. The zero-order valence-corrected chi connectivity index (χ0v) is 10.8. The summed E-state index contributed by atoms with van der Waals surface area (Å²) in [4.78, 5) is 25.9. The number of carbonyl (C=O) groups is 2. The van der Waals surface area contributed by atoms with Gasteiger partial charge in [-0.2, -0.15) is 0 Å². The van der Waals surface area contributed by atoms with Gasteiger partial charge in [-0.25, -0.2) is 0 Å². The number of aryl methyl sites for hydroxylation is 2. The summed E-state index contributed by atoms with van der Waals surface area (Å²) in [5, 5.41) is 0. The highest BCUT2D eigenvalue weighted by molar-refractivity contribution is 6.23. The van der Waals surface area contributed by atoms with Gasteiger partial charge in [-0.15, -0.1) is 6.42 Å². The number of hydrogen-bond acceptors (Lipinski definition) is 2. The van der Waals surface area contributed by atoms with Crippen molar-refractivity contribution in [2.24, 2.45) is 0 Å². The lowest BCUT2D eigenvalue weighted by molar-refractivity contribution is 0.0617. The van der Waals surface area contributed by atoms with Crippen molar-refractivity contribution in [2.75, 3.05) is 0 Å². The third-order valence-electron chi connectivity index (χ3n) is 3.38. The molecule has 0 radical (unpaired) electrons. The molecule has 2 rings (SSSR count). The predicted molar refractivity (Wildman–Crippen MR) is 69.3 cm³/mol. The van der Waals surface area contributed by atoms with Crippen LogP contribution in [0.4, 0.5) is 0 Å². The summed E-state index contributed by atoms with van der Waals surface area (Å²) in [6, 6.07) is 3.26. The van der Waals surface area contributed by atoms with Crippen LogP contribution in [0.1, 0.15) is 45.2 Å². The molecule has 0 aliphatic carbocycles. The minimum absolute atomic E-state index is 0.263. The number of benzene rings is 1. The average molecular weight is 241 g/mol. The number of terminal acetylenes is 1. The number of imide groups is 1. The second-order valence-corrected chi connectivity index (χ2v) is 4.52. The third kappa shape index (κ3) is 1.53. The van der Waals surface area contributed by atoms with Crippen molar-refractivity contribution in [1.82, 2.24) is 4.90 Å². The van der Waals surface area contributed by atoms with Crippen LogP contribution < -0.4 is 0 Å². The molecule has 1 aromatic rings. The molecule has 0 spiro atoms. The van der Waals surface area contributed by atoms with E-state index in [1.54, 1.807) is 0 Å². The highest BCUT2D eigenvalue weighted by Gasteiger charge is 2.40. The first-order valence-corrected chi connectivity index (χ1v) is 5.97. The zero-order valence-electron chi connectivity index (χ0n) is 10.8. The first-order chi connectivity index (χ1) is 8.52. The van der Waals surface area contributed by atoms with Gasteiger partial charge in [0.05, 0.1) is 11.1 Å². The Kier molecular flexibility index (Phi) is 2.96. The van der Waals surface area contributed by atoms with Gasteiger partial charge in [0.2, 0.25) is 0 Å². The van der Waals surface area contributed by atoms with Gasteiger partial charge in [0, 0.05) is 0 Å². The molecule has 0 fully saturated rings. The number of rotatable bonds is 2. The molecule has 1 unspecified atom stereocenters. The Morgan fingerprint density at radius 1 is 1.17 bits per heavy atom. The molecule has 0 aromatic heterocycles. The lowest BCUT2D eigenvalue weighted by atomic mass is 9.99. The number of fused-ring (bicyclic) bond motifs is 1. The van der Waals surface area contributed by atoms with Gasteiger partial charge in [-0.3, -0.25) is 14.5 Å². The van der Waals surface area contributed by atoms with E-state index in [1.807, 2.05) is 32.9 Å². The molecule has 1 atom stereocenters. The Balaban J connectivity index is 2.61. The van der Waals surface area contributed by atoms with E-state index >= 15 is 0 Å². The fourth-order valence-electron chi connectivity index (χ4n) is 2.35. The summed E-state index contributed by atoms with van der Waals surface area (Å²) in [6.45, 7) is 5.54. The molecule has 92 valence electrons. The van der Waals surface area contributed by atoms with Crippen molar-refractivity contribution in [3.8, 4) is 12.3 Å². The van der Waals surface area contributed by atoms with Gasteiger partial charge < -0.3 is 0 Å². The SMILES string of the molecule is C#CC(CC)N1C(=O)c2c(C)ccc(C)c2C1=O. The second-order valence-electron chi connectivity index (χ2n) is 4.52. The van der Waals surface area contributed by atoms with Crippen LogP contribution in [0.5, 0.6) is 0 Å². The van der Waals surface area contributed by atoms with Gasteiger partial charge >= 0.3 is 0 Å². The van der Waals surface area contributed by atoms with Gasteiger partial charge in [0.1, 0.15) is 6.04 Å². The fraction of sp³-hybridized carbons (Fsp3) is 0.333. The minimum atomic E-state index is -0.462. The van der Waals surface area contributed by atoms with Crippen molar-refractivity contribution >= 4 is 11.8 Å². The van der Waals surface area contributed by atoms with E-state index in [9.17, 15) is 9.59 Å². The minimum Gasteiger partial charge on any atom is -0.269 e. The monoisotopic (exact) mass is 241 g/mol. The Labute approximate surface area is 107 Å². The van der Waals surface area contributed by atoms with Crippen molar-refractivity contribution in [3.05, 3.63) is 34.4 Å². The van der Waals surface area contributed by atoms with Crippen molar-refractivity contribution in [2.45, 2.75) is 33.2 Å². The van der Waals surface area contributed by atoms with Crippen LogP contribution >= 0.6 is 0 Å². The fourth-order valence-corrected chi connectivity index (χ4v) is 2.35. The van der Waals surface area contributed by atoms with E-state index in [-0.39, 0.29) is 11.8 Å². The molecule has 1 aliphatic rings. The third-order valence-corrected chi connectivity index (χ3v) is 3.38. The molecule has 0 bridgehead atoms. The van der Waals surface area contributed by atoms with Crippen LogP contribution in [0.3, 0.4) is 0 Å². The van der Waals surface area contributed by atoms with Crippen LogP contribution in [-0.4, -0.2) is 22.8 Å². The summed E-state index contributed by atoms with van der Waals surface area (Å²) in [6.07, 6.45) is 5.97. The molecule has 0 saturated heterocycles. The van der Waals surface area contributed by atoms with Crippen molar-refractivity contribution < 1.29 is 9.59 Å². The van der Waals surface area contributed by atoms with Gasteiger partial charge in [0.15, 0.2) is 0 Å². The van der Waals surface area contributed by atoms with Gasteiger partial charge in [0.25, 0.3) is 11.8 Å². The largest absolute Gasteiger partial charge is 0.269 e. The quantitative estimate of drug-likeness (QED) is 0.588. The van der Waals surface area contributed by atoms with Crippen molar-refractivity contribution in [3.63, 3.8) is 0 Å². The summed E-state index contributed by atoms with van der Waals surface area (Å²) in [7, 11) is 0. The molecule has 3 nitrogen and oxygen atoms in total. The number of carbonyl (C=O) groups excluding carboxylic acids is 2. The molecule has 18 heavy (non-hydrogen) atoms. The molecule has 1 aliphatic heterocycles. The zero-order chi connectivity index (χ0) is 13.4. The molecular weight excluding hydrogens is 226 g/mol. The first kappa shape index (κ1) is 12.4. The van der Waals surface area contributed by atoms with E-state index in [0.717, 1.165) is 11.1 Å². The Bertz CT molecular complexity index is 540. The summed E-state index contributed by atoms with van der Waals surface area (Å²) in [5.41, 5.74) is 2.66. The maximum absolute atomic E-state index is 12.3. The smallest absolute Gasteiger partial charge is 0.262 e. The number of hydrogen-bond donors (Lipinski definition) is 0. The van der Waals surface area contributed by atoms with E-state index in [2.05, 4.69) is 5.92 Å². The Morgan fingerprint density at radius 3 is 1.94 bits per heavy atom. The van der Waals surface area contributed by atoms with E-state index in [4.69, 9.17) is 6.42 Å². The lowest BCUT2D eigenvalue weighted by Crippen LogP contribution is -2.38. The highest BCUT2D eigenvalue weighted by atomic mass is 16.2. The molecule has 3 heteroatoms. The topological polar surface area (TPSA) is 37.4 Å². The van der Waals surface area contributed by atoms with E-state index in [1.165, 1.54) is 4.90 Å². The van der Waals surface area contributed by atoms with Gasteiger partial charge in [-0.1, -0.05) is 25.0 Å². The predicted octanol–water partition coefficient (Wildman–Crippen LogP) is 2.31. The first-order valence-electron chi connectivity index (χ1n) is 5.97. The molecule has 2 amide bonds. The normalized spacial score (nSPS) is 15.6. The Morgan fingerprint density at radius 2 is 1.61 bits per heavy atom. The molecule has 0 saturated carbocycles. The molecular formula is C15H15NO2. The van der Waals surface area contributed by atoms with Crippen LogP contribution in [0.15, 0.2) is 12.1 Å². The second kappa shape index (κ2) is 4.30. The molecule has 1 aromatic carbocycles. The molecule has 0 N–H and O–H groups in total. The van der Waals surface area contributed by atoms with E-state index < -0.39 is 6.04 Å². The summed E-state index contributed by atoms with van der Waals surface area (Å²) >= 11 is 0. The summed E-state index contributed by atoms with van der Waals surface area (Å²) < 4.78 is 0. The standard InChI is InChI=1S/C15H15NO2/c1-5-11(6-2)16-14(17)12-9(3)7-8-10(4)13(12)15(16)18/h1,7-8,11H,6H2,2-4H3.